The summed E-state index contributed by atoms with van der Waals surface area (Å²) < 4.78 is 2.05. The first-order valence-electron chi connectivity index (χ1n) is 7.11. The van der Waals surface area contributed by atoms with Gasteiger partial charge >= 0.3 is 0 Å². The van der Waals surface area contributed by atoms with Crippen LogP contribution < -0.4 is 10.2 Å². The Bertz CT molecular complexity index is 389. The largest absolute Gasteiger partial charge is 0.357 e. The van der Waals surface area contributed by atoms with E-state index >= 15 is 0 Å². The van der Waals surface area contributed by atoms with Crippen molar-refractivity contribution in [3.8, 4) is 0 Å². The number of piperidine rings is 1. The molecule has 1 N–H and O–H groups in total. The molecule has 4 heteroatoms. The van der Waals surface area contributed by atoms with Gasteiger partial charge in [0.05, 0.1) is 5.69 Å². The normalized spacial score (nSPS) is 17.4. The number of aryl methyl sites for hydroxylation is 2. The first kappa shape index (κ1) is 13.4. The molecule has 1 aromatic rings. The van der Waals surface area contributed by atoms with E-state index in [1.807, 2.05) is 0 Å². The number of anilines is 1. The van der Waals surface area contributed by atoms with Gasteiger partial charge in [0.2, 0.25) is 0 Å². The van der Waals surface area contributed by atoms with Crippen molar-refractivity contribution in [3.05, 3.63) is 11.3 Å². The van der Waals surface area contributed by atoms with E-state index in [0.29, 0.717) is 0 Å². The van der Waals surface area contributed by atoms with Crippen molar-refractivity contribution in [2.24, 2.45) is 13.0 Å². The van der Waals surface area contributed by atoms with Gasteiger partial charge in [-0.1, -0.05) is 13.8 Å². The van der Waals surface area contributed by atoms with Crippen LogP contribution in [0, 0.1) is 12.8 Å². The van der Waals surface area contributed by atoms with Gasteiger partial charge in [-0.05, 0) is 32.2 Å². The standard InChI is InChI=1S/C14H26N4/c1-5-15-10-13-12(3)16-17(4)14(13)18-8-6-11(2)7-9-18/h11,15H,5-10H2,1-4H3. The summed E-state index contributed by atoms with van der Waals surface area (Å²) in [6.45, 7) is 10.9. The molecule has 1 fully saturated rings. The van der Waals surface area contributed by atoms with Gasteiger partial charge < -0.3 is 10.2 Å². The fraction of sp³-hybridized carbons (Fsp3) is 0.786. The van der Waals surface area contributed by atoms with Gasteiger partial charge in [0.1, 0.15) is 5.82 Å². The van der Waals surface area contributed by atoms with Crippen LogP contribution in [0.2, 0.25) is 0 Å². The van der Waals surface area contributed by atoms with E-state index in [-0.39, 0.29) is 0 Å². The molecular formula is C14H26N4. The van der Waals surface area contributed by atoms with Crippen molar-refractivity contribution in [3.63, 3.8) is 0 Å². The highest BCUT2D eigenvalue weighted by Crippen LogP contribution is 2.27. The van der Waals surface area contributed by atoms with Gasteiger partial charge in [-0.15, -0.1) is 0 Å². The minimum atomic E-state index is 0.868. The summed E-state index contributed by atoms with van der Waals surface area (Å²) in [4.78, 5) is 2.51. The molecule has 1 aliphatic heterocycles. The Labute approximate surface area is 110 Å². The monoisotopic (exact) mass is 250 g/mol. The molecule has 0 aromatic carbocycles. The molecule has 1 aliphatic rings. The van der Waals surface area contributed by atoms with Crippen molar-refractivity contribution in [1.29, 1.82) is 0 Å². The van der Waals surface area contributed by atoms with Crippen molar-refractivity contribution in [2.75, 3.05) is 24.5 Å². The Hall–Kier alpha value is -1.03. The third-order valence-electron chi connectivity index (χ3n) is 3.95. The minimum absolute atomic E-state index is 0.868. The van der Waals surface area contributed by atoms with Crippen molar-refractivity contribution in [2.45, 2.75) is 40.2 Å². The molecule has 1 aromatic heterocycles. The van der Waals surface area contributed by atoms with E-state index in [0.717, 1.165) is 24.7 Å². The third kappa shape index (κ3) is 2.69. The van der Waals surface area contributed by atoms with E-state index in [1.165, 1.54) is 37.3 Å². The summed E-state index contributed by atoms with van der Waals surface area (Å²) >= 11 is 0. The van der Waals surface area contributed by atoms with Crippen LogP contribution in [0.3, 0.4) is 0 Å². The van der Waals surface area contributed by atoms with Crippen LogP contribution >= 0.6 is 0 Å². The predicted molar refractivity (Wildman–Crippen MR) is 75.9 cm³/mol. The third-order valence-corrected chi connectivity index (χ3v) is 3.95. The molecule has 0 amide bonds. The van der Waals surface area contributed by atoms with E-state index in [2.05, 4.69) is 47.8 Å². The SMILES string of the molecule is CCNCc1c(C)nn(C)c1N1CCC(C)CC1. The number of rotatable bonds is 4. The van der Waals surface area contributed by atoms with Gasteiger partial charge in [0.15, 0.2) is 0 Å². The zero-order valence-electron chi connectivity index (χ0n) is 12.2. The van der Waals surface area contributed by atoms with Crippen LogP contribution in [0.15, 0.2) is 0 Å². The molecule has 0 spiro atoms. The molecule has 1 saturated heterocycles. The maximum Gasteiger partial charge on any atom is 0.131 e. The highest BCUT2D eigenvalue weighted by molar-refractivity contribution is 5.50. The summed E-state index contributed by atoms with van der Waals surface area (Å²) in [7, 11) is 2.07. The van der Waals surface area contributed by atoms with Crippen molar-refractivity contribution >= 4 is 5.82 Å². The molecule has 4 nitrogen and oxygen atoms in total. The maximum absolute atomic E-state index is 4.59. The first-order valence-corrected chi connectivity index (χ1v) is 7.11. The number of nitrogens with zero attached hydrogens (tertiary/aromatic N) is 3. The highest BCUT2D eigenvalue weighted by atomic mass is 15.4. The summed E-state index contributed by atoms with van der Waals surface area (Å²) in [5.74, 6) is 2.19. The van der Waals surface area contributed by atoms with Crippen LogP contribution in [0.1, 0.15) is 37.9 Å². The lowest BCUT2D eigenvalue weighted by molar-refractivity contribution is 0.432. The second kappa shape index (κ2) is 5.74. The lowest BCUT2D eigenvalue weighted by Gasteiger charge is -2.32. The Morgan fingerprint density at radius 3 is 2.61 bits per heavy atom. The summed E-state index contributed by atoms with van der Waals surface area (Å²) in [5.41, 5.74) is 2.53. The highest BCUT2D eigenvalue weighted by Gasteiger charge is 2.22. The summed E-state index contributed by atoms with van der Waals surface area (Å²) in [5, 5.41) is 8.02. The van der Waals surface area contributed by atoms with Gasteiger partial charge in [0.25, 0.3) is 0 Å². The maximum atomic E-state index is 4.59. The van der Waals surface area contributed by atoms with Gasteiger partial charge in [-0.2, -0.15) is 5.10 Å². The molecular weight excluding hydrogens is 224 g/mol. The van der Waals surface area contributed by atoms with Crippen LogP contribution in [-0.2, 0) is 13.6 Å². The van der Waals surface area contributed by atoms with E-state index in [1.54, 1.807) is 0 Å². The number of aromatic nitrogens is 2. The average Bonchev–Trinajstić information content (AvgIpc) is 2.62. The summed E-state index contributed by atoms with van der Waals surface area (Å²) in [6.07, 6.45) is 2.59. The summed E-state index contributed by atoms with van der Waals surface area (Å²) in [6, 6.07) is 0. The zero-order valence-corrected chi connectivity index (χ0v) is 12.2. The van der Waals surface area contributed by atoms with Crippen LogP contribution in [0.25, 0.3) is 0 Å². The second-order valence-corrected chi connectivity index (χ2v) is 5.46. The van der Waals surface area contributed by atoms with Crippen LogP contribution in [0.4, 0.5) is 5.82 Å². The molecule has 0 unspecified atom stereocenters. The van der Waals surface area contributed by atoms with Crippen molar-refractivity contribution in [1.82, 2.24) is 15.1 Å². The minimum Gasteiger partial charge on any atom is -0.357 e. The fourth-order valence-electron chi connectivity index (χ4n) is 2.76. The molecule has 0 bridgehead atoms. The Balaban J connectivity index is 2.20. The number of hydrogen-bond donors (Lipinski definition) is 1. The lowest BCUT2D eigenvalue weighted by atomic mass is 9.99. The molecule has 2 rings (SSSR count). The molecule has 0 radical (unpaired) electrons. The van der Waals surface area contributed by atoms with Gasteiger partial charge in [-0.25, -0.2) is 0 Å². The molecule has 2 heterocycles. The number of nitrogens with one attached hydrogen (secondary N) is 1. The molecule has 102 valence electrons. The quantitative estimate of drug-likeness (QED) is 0.888. The number of hydrogen-bond acceptors (Lipinski definition) is 3. The van der Waals surface area contributed by atoms with Crippen LogP contribution in [-0.4, -0.2) is 29.4 Å². The van der Waals surface area contributed by atoms with Crippen molar-refractivity contribution < 1.29 is 0 Å². The van der Waals surface area contributed by atoms with E-state index in [4.69, 9.17) is 0 Å². The Morgan fingerprint density at radius 1 is 1.33 bits per heavy atom. The molecule has 0 aliphatic carbocycles. The first-order chi connectivity index (χ1) is 8.63. The smallest absolute Gasteiger partial charge is 0.131 e. The van der Waals surface area contributed by atoms with Crippen LogP contribution in [0.5, 0.6) is 0 Å². The topological polar surface area (TPSA) is 33.1 Å². The molecule has 0 atom stereocenters. The lowest BCUT2D eigenvalue weighted by Crippen LogP contribution is -2.35. The second-order valence-electron chi connectivity index (χ2n) is 5.46. The molecule has 0 saturated carbocycles. The zero-order chi connectivity index (χ0) is 13.1. The van der Waals surface area contributed by atoms with Gasteiger partial charge in [-0.3, -0.25) is 4.68 Å². The van der Waals surface area contributed by atoms with Gasteiger partial charge in [0, 0.05) is 32.2 Å². The Morgan fingerprint density at radius 2 is 2.00 bits per heavy atom. The molecule has 18 heavy (non-hydrogen) atoms. The fourth-order valence-corrected chi connectivity index (χ4v) is 2.76. The van der Waals surface area contributed by atoms with E-state index < -0.39 is 0 Å². The van der Waals surface area contributed by atoms with E-state index in [9.17, 15) is 0 Å². The predicted octanol–water partition coefficient (Wildman–Crippen LogP) is 2.07. The Kier molecular flexibility index (Phi) is 4.27. The average molecular weight is 250 g/mol.